The number of nitro groups is 1. The van der Waals surface area contributed by atoms with Crippen molar-refractivity contribution in [3.63, 3.8) is 0 Å². The standard InChI is InChI=1S/C11H16ClN3O2/c1-13-6-3-7-14(2)11-8-9(12)4-5-10(11)15(16)17/h4-5,8,13H,3,6-7H2,1-2H3. The number of halogens is 1. The van der Waals surface area contributed by atoms with E-state index in [1.807, 2.05) is 19.0 Å². The lowest BCUT2D eigenvalue weighted by Gasteiger charge is -2.19. The minimum absolute atomic E-state index is 0.0846. The number of hydrogen-bond acceptors (Lipinski definition) is 4. The number of hydrogen-bond donors (Lipinski definition) is 1. The molecule has 0 aliphatic heterocycles. The summed E-state index contributed by atoms with van der Waals surface area (Å²) in [6, 6.07) is 4.59. The first kappa shape index (κ1) is 13.7. The lowest BCUT2D eigenvalue weighted by atomic mass is 10.2. The fourth-order valence-electron chi connectivity index (χ4n) is 1.57. The molecular formula is C11H16ClN3O2. The topological polar surface area (TPSA) is 58.4 Å². The van der Waals surface area contributed by atoms with Crippen molar-refractivity contribution in [1.82, 2.24) is 5.32 Å². The monoisotopic (exact) mass is 257 g/mol. The van der Waals surface area contributed by atoms with E-state index in [1.165, 1.54) is 12.1 Å². The molecule has 0 heterocycles. The fourth-order valence-corrected chi connectivity index (χ4v) is 1.74. The maximum absolute atomic E-state index is 10.9. The van der Waals surface area contributed by atoms with Gasteiger partial charge in [-0.25, -0.2) is 0 Å². The molecule has 1 aromatic carbocycles. The van der Waals surface area contributed by atoms with Gasteiger partial charge in [-0.3, -0.25) is 10.1 Å². The summed E-state index contributed by atoms with van der Waals surface area (Å²) in [6.45, 7) is 1.61. The van der Waals surface area contributed by atoms with Crippen LogP contribution < -0.4 is 10.2 Å². The van der Waals surface area contributed by atoms with Crippen LogP contribution in [0.15, 0.2) is 18.2 Å². The highest BCUT2D eigenvalue weighted by Crippen LogP contribution is 2.30. The van der Waals surface area contributed by atoms with Crippen molar-refractivity contribution in [1.29, 1.82) is 0 Å². The molecule has 1 N–H and O–H groups in total. The summed E-state index contributed by atoms with van der Waals surface area (Å²) in [5.74, 6) is 0. The van der Waals surface area contributed by atoms with Crippen LogP contribution in [0.1, 0.15) is 6.42 Å². The first-order chi connectivity index (χ1) is 8.06. The van der Waals surface area contributed by atoms with E-state index in [0.29, 0.717) is 10.7 Å². The van der Waals surface area contributed by atoms with Crippen molar-refractivity contribution in [2.45, 2.75) is 6.42 Å². The molecule has 17 heavy (non-hydrogen) atoms. The summed E-state index contributed by atoms with van der Waals surface area (Å²) in [5, 5.41) is 14.4. The second-order valence-electron chi connectivity index (χ2n) is 3.77. The number of rotatable bonds is 6. The molecule has 0 aliphatic rings. The summed E-state index contributed by atoms with van der Waals surface area (Å²) in [6.07, 6.45) is 0.913. The van der Waals surface area contributed by atoms with Crippen LogP contribution in [0, 0.1) is 10.1 Å². The number of nitrogens with zero attached hydrogens (tertiary/aromatic N) is 2. The summed E-state index contributed by atoms with van der Waals surface area (Å²) in [5.41, 5.74) is 0.639. The van der Waals surface area contributed by atoms with E-state index in [0.717, 1.165) is 19.5 Å². The van der Waals surface area contributed by atoms with Crippen molar-refractivity contribution in [2.75, 3.05) is 32.1 Å². The second kappa shape index (κ2) is 6.42. The van der Waals surface area contributed by atoms with Crippen LogP contribution in [-0.4, -0.2) is 32.1 Å². The fraction of sp³-hybridized carbons (Fsp3) is 0.455. The van der Waals surface area contributed by atoms with Crippen molar-refractivity contribution in [3.8, 4) is 0 Å². The number of nitrogens with one attached hydrogen (secondary N) is 1. The highest BCUT2D eigenvalue weighted by Gasteiger charge is 2.16. The predicted octanol–water partition coefficient (Wildman–Crippen LogP) is 2.29. The Morgan fingerprint density at radius 3 is 2.82 bits per heavy atom. The Morgan fingerprint density at radius 1 is 1.53 bits per heavy atom. The Bertz CT molecular complexity index is 398. The van der Waals surface area contributed by atoms with Crippen LogP contribution in [-0.2, 0) is 0 Å². The van der Waals surface area contributed by atoms with Crippen molar-refractivity contribution < 1.29 is 4.92 Å². The zero-order valence-electron chi connectivity index (χ0n) is 9.94. The van der Waals surface area contributed by atoms with Crippen LogP contribution in [0.4, 0.5) is 11.4 Å². The molecule has 0 aromatic heterocycles. The van der Waals surface area contributed by atoms with Gasteiger partial charge in [-0.2, -0.15) is 0 Å². The first-order valence-corrected chi connectivity index (χ1v) is 5.73. The third-order valence-electron chi connectivity index (χ3n) is 2.47. The van der Waals surface area contributed by atoms with E-state index in [2.05, 4.69) is 5.32 Å². The summed E-state index contributed by atoms with van der Waals surface area (Å²) < 4.78 is 0. The molecule has 0 amide bonds. The van der Waals surface area contributed by atoms with Crippen LogP contribution in [0.3, 0.4) is 0 Å². The van der Waals surface area contributed by atoms with Crippen LogP contribution in [0.5, 0.6) is 0 Å². The molecule has 94 valence electrons. The van der Waals surface area contributed by atoms with E-state index in [4.69, 9.17) is 11.6 Å². The second-order valence-corrected chi connectivity index (χ2v) is 4.21. The van der Waals surface area contributed by atoms with Crippen molar-refractivity contribution >= 4 is 23.0 Å². The Hall–Kier alpha value is -1.33. The summed E-state index contributed by atoms with van der Waals surface area (Å²) in [4.78, 5) is 12.4. The maximum Gasteiger partial charge on any atom is 0.292 e. The van der Waals surface area contributed by atoms with Gasteiger partial charge in [0, 0.05) is 24.7 Å². The molecule has 0 aliphatic carbocycles. The Balaban J connectivity index is 2.86. The van der Waals surface area contributed by atoms with Gasteiger partial charge in [0.2, 0.25) is 0 Å². The van der Waals surface area contributed by atoms with Gasteiger partial charge >= 0.3 is 0 Å². The average molecular weight is 258 g/mol. The Morgan fingerprint density at radius 2 is 2.24 bits per heavy atom. The van der Waals surface area contributed by atoms with Crippen LogP contribution in [0.2, 0.25) is 5.02 Å². The lowest BCUT2D eigenvalue weighted by Crippen LogP contribution is -2.22. The summed E-state index contributed by atoms with van der Waals surface area (Å²) in [7, 11) is 3.70. The SMILES string of the molecule is CNCCCN(C)c1cc(Cl)ccc1[N+](=O)[O-]. The third-order valence-corrected chi connectivity index (χ3v) is 2.70. The highest BCUT2D eigenvalue weighted by molar-refractivity contribution is 6.31. The molecule has 5 nitrogen and oxygen atoms in total. The molecular weight excluding hydrogens is 242 g/mol. The Labute approximate surface area is 106 Å². The van der Waals surface area contributed by atoms with E-state index in [9.17, 15) is 10.1 Å². The number of benzene rings is 1. The molecule has 0 saturated carbocycles. The van der Waals surface area contributed by atoms with E-state index < -0.39 is 0 Å². The van der Waals surface area contributed by atoms with Gasteiger partial charge in [-0.05, 0) is 32.1 Å². The van der Waals surface area contributed by atoms with Gasteiger partial charge in [-0.1, -0.05) is 11.6 Å². The van der Waals surface area contributed by atoms with Gasteiger partial charge in [0.1, 0.15) is 5.69 Å². The van der Waals surface area contributed by atoms with E-state index >= 15 is 0 Å². The van der Waals surface area contributed by atoms with Gasteiger partial charge in [0.15, 0.2) is 0 Å². The number of anilines is 1. The molecule has 6 heteroatoms. The smallest absolute Gasteiger partial charge is 0.292 e. The van der Waals surface area contributed by atoms with E-state index in [1.54, 1.807) is 6.07 Å². The lowest BCUT2D eigenvalue weighted by molar-refractivity contribution is -0.384. The predicted molar refractivity (Wildman–Crippen MR) is 69.9 cm³/mol. The molecule has 1 aromatic rings. The molecule has 0 fully saturated rings. The Kier molecular flexibility index (Phi) is 5.18. The largest absolute Gasteiger partial charge is 0.369 e. The first-order valence-electron chi connectivity index (χ1n) is 5.36. The molecule has 0 unspecified atom stereocenters. The van der Waals surface area contributed by atoms with Gasteiger partial charge in [0.25, 0.3) is 5.69 Å². The maximum atomic E-state index is 10.9. The molecule has 0 atom stereocenters. The quantitative estimate of drug-likeness (QED) is 0.483. The molecule has 0 radical (unpaired) electrons. The number of nitro benzene ring substituents is 1. The zero-order valence-corrected chi connectivity index (χ0v) is 10.7. The normalized spacial score (nSPS) is 10.3. The van der Waals surface area contributed by atoms with E-state index in [-0.39, 0.29) is 10.6 Å². The minimum Gasteiger partial charge on any atom is -0.369 e. The van der Waals surface area contributed by atoms with Gasteiger partial charge in [0.05, 0.1) is 4.92 Å². The minimum atomic E-state index is -0.389. The average Bonchev–Trinajstić information content (AvgIpc) is 2.28. The van der Waals surface area contributed by atoms with Gasteiger partial charge < -0.3 is 10.2 Å². The third kappa shape index (κ3) is 3.87. The zero-order chi connectivity index (χ0) is 12.8. The molecule has 1 rings (SSSR count). The molecule has 0 saturated heterocycles. The van der Waals surface area contributed by atoms with Gasteiger partial charge in [-0.15, -0.1) is 0 Å². The van der Waals surface area contributed by atoms with Crippen LogP contribution >= 0.6 is 11.6 Å². The molecule has 0 spiro atoms. The highest BCUT2D eigenvalue weighted by atomic mass is 35.5. The summed E-state index contributed by atoms with van der Waals surface area (Å²) >= 11 is 5.87. The van der Waals surface area contributed by atoms with Crippen molar-refractivity contribution in [3.05, 3.63) is 33.3 Å². The van der Waals surface area contributed by atoms with Crippen LogP contribution in [0.25, 0.3) is 0 Å². The van der Waals surface area contributed by atoms with Crippen molar-refractivity contribution in [2.24, 2.45) is 0 Å². The molecule has 0 bridgehead atoms.